The van der Waals surface area contributed by atoms with E-state index in [1.807, 2.05) is 24.3 Å². The molecule has 0 saturated heterocycles. The van der Waals surface area contributed by atoms with Crippen LogP contribution in [0.5, 0.6) is 11.5 Å². The monoisotopic (exact) mass is 283 g/mol. The molecule has 2 unspecified atom stereocenters. The van der Waals surface area contributed by atoms with Crippen molar-refractivity contribution in [1.82, 2.24) is 0 Å². The number of methoxy groups -OCH3 is 1. The number of phenolic OH excluding ortho intramolecular Hbond substituents is 1. The van der Waals surface area contributed by atoms with Crippen LogP contribution in [0.15, 0.2) is 48.5 Å². The molecule has 2 aromatic rings. The quantitative estimate of drug-likeness (QED) is 0.847. The molecule has 2 atom stereocenters. The molecule has 1 amide bonds. The third kappa shape index (κ3) is 2.84. The molecule has 2 aromatic carbocycles. The van der Waals surface area contributed by atoms with Gasteiger partial charge in [0, 0.05) is 5.92 Å². The van der Waals surface area contributed by atoms with Gasteiger partial charge in [-0.2, -0.15) is 0 Å². The fraction of sp³-hybridized carbons (Fsp3) is 0.235. The van der Waals surface area contributed by atoms with E-state index in [0.29, 0.717) is 5.69 Å². The number of nitrogens with one attached hydrogen (secondary N) is 1. The number of aromatic hydroxyl groups is 1. The Morgan fingerprint density at radius 1 is 1.19 bits per heavy atom. The molecule has 3 rings (SSSR count). The Hall–Kier alpha value is -2.49. The number of ether oxygens (including phenoxy) is 1. The second-order valence-corrected chi connectivity index (χ2v) is 5.23. The van der Waals surface area contributed by atoms with Crippen LogP contribution in [0.1, 0.15) is 17.9 Å². The average molecular weight is 283 g/mol. The van der Waals surface area contributed by atoms with Crippen molar-refractivity contribution < 1.29 is 14.6 Å². The zero-order chi connectivity index (χ0) is 14.8. The molecule has 4 heteroatoms. The highest BCUT2D eigenvalue weighted by atomic mass is 16.5. The molecule has 1 aliphatic rings. The smallest absolute Gasteiger partial charge is 0.228 e. The zero-order valence-electron chi connectivity index (χ0n) is 11.7. The van der Waals surface area contributed by atoms with E-state index in [-0.39, 0.29) is 23.5 Å². The third-order valence-corrected chi connectivity index (χ3v) is 3.83. The molecule has 0 bridgehead atoms. The van der Waals surface area contributed by atoms with Crippen molar-refractivity contribution in [2.45, 2.75) is 12.3 Å². The summed E-state index contributed by atoms with van der Waals surface area (Å²) in [6, 6.07) is 14.6. The first-order valence-corrected chi connectivity index (χ1v) is 6.92. The average Bonchev–Trinajstić information content (AvgIpc) is 3.30. The molecular weight excluding hydrogens is 266 g/mol. The van der Waals surface area contributed by atoms with Gasteiger partial charge in [-0.05, 0) is 42.2 Å². The minimum atomic E-state index is -0.0441. The minimum absolute atomic E-state index is 0.0296. The normalized spacial score (nSPS) is 19.9. The maximum atomic E-state index is 12.2. The van der Waals surface area contributed by atoms with Gasteiger partial charge in [0.25, 0.3) is 0 Å². The first-order chi connectivity index (χ1) is 10.2. The predicted octanol–water partition coefficient (Wildman–Crippen LogP) is 3.14. The molecule has 1 saturated carbocycles. The van der Waals surface area contributed by atoms with E-state index in [9.17, 15) is 9.90 Å². The van der Waals surface area contributed by atoms with Gasteiger partial charge in [0.05, 0.1) is 12.8 Å². The number of hydrogen-bond donors (Lipinski definition) is 2. The molecule has 4 nitrogen and oxygen atoms in total. The molecule has 2 N–H and O–H groups in total. The van der Waals surface area contributed by atoms with E-state index < -0.39 is 0 Å². The number of hydrogen-bond acceptors (Lipinski definition) is 3. The van der Waals surface area contributed by atoms with Crippen LogP contribution in [-0.2, 0) is 4.79 Å². The number of carbonyl (C=O) groups is 1. The number of carbonyl (C=O) groups excluding carboxylic acids is 1. The van der Waals surface area contributed by atoms with Crippen LogP contribution >= 0.6 is 0 Å². The maximum absolute atomic E-state index is 12.2. The Kier molecular flexibility index (Phi) is 3.52. The van der Waals surface area contributed by atoms with Crippen LogP contribution in [0, 0.1) is 5.92 Å². The van der Waals surface area contributed by atoms with E-state index in [1.165, 1.54) is 0 Å². The van der Waals surface area contributed by atoms with E-state index in [0.717, 1.165) is 17.7 Å². The van der Waals surface area contributed by atoms with Crippen LogP contribution < -0.4 is 10.1 Å². The maximum Gasteiger partial charge on any atom is 0.228 e. The van der Waals surface area contributed by atoms with Crippen LogP contribution in [0.4, 0.5) is 5.69 Å². The van der Waals surface area contributed by atoms with Gasteiger partial charge in [-0.15, -0.1) is 0 Å². The summed E-state index contributed by atoms with van der Waals surface area (Å²) in [6.45, 7) is 0. The van der Waals surface area contributed by atoms with Gasteiger partial charge in [0.15, 0.2) is 0 Å². The summed E-state index contributed by atoms with van der Waals surface area (Å²) < 4.78 is 5.13. The second-order valence-electron chi connectivity index (χ2n) is 5.23. The molecule has 1 fully saturated rings. The number of amides is 1. The Labute approximate surface area is 123 Å². The fourth-order valence-electron chi connectivity index (χ4n) is 2.51. The summed E-state index contributed by atoms with van der Waals surface area (Å²) in [4.78, 5) is 12.2. The number of benzene rings is 2. The third-order valence-electron chi connectivity index (χ3n) is 3.83. The lowest BCUT2D eigenvalue weighted by molar-refractivity contribution is -0.117. The molecule has 0 spiro atoms. The Balaban J connectivity index is 1.64. The van der Waals surface area contributed by atoms with Crippen LogP contribution in [0.25, 0.3) is 0 Å². The summed E-state index contributed by atoms with van der Waals surface area (Å²) in [7, 11) is 1.63. The SMILES string of the molecule is COc1ccc(C2CC2C(=O)Nc2ccccc2O)cc1. The highest BCUT2D eigenvalue weighted by Gasteiger charge is 2.44. The highest BCUT2D eigenvalue weighted by Crippen LogP contribution is 2.48. The molecule has 0 radical (unpaired) electrons. The molecule has 0 aromatic heterocycles. The molecule has 0 aliphatic heterocycles. The predicted molar refractivity (Wildman–Crippen MR) is 80.6 cm³/mol. The van der Waals surface area contributed by atoms with Gasteiger partial charge in [-0.1, -0.05) is 24.3 Å². The van der Waals surface area contributed by atoms with Crippen molar-refractivity contribution in [3.63, 3.8) is 0 Å². The molecule has 1 aliphatic carbocycles. The number of anilines is 1. The summed E-state index contributed by atoms with van der Waals surface area (Å²) in [5, 5.41) is 12.5. The van der Waals surface area contributed by atoms with Crippen molar-refractivity contribution in [2.24, 2.45) is 5.92 Å². The van der Waals surface area contributed by atoms with Gasteiger partial charge < -0.3 is 15.2 Å². The minimum Gasteiger partial charge on any atom is -0.506 e. The van der Waals surface area contributed by atoms with Crippen molar-refractivity contribution in [1.29, 1.82) is 0 Å². The van der Waals surface area contributed by atoms with Crippen LogP contribution in [0.2, 0.25) is 0 Å². The Bertz CT molecular complexity index is 651. The molecule has 108 valence electrons. The van der Waals surface area contributed by atoms with Gasteiger partial charge in [-0.3, -0.25) is 4.79 Å². The second kappa shape index (κ2) is 5.48. The van der Waals surface area contributed by atoms with E-state index in [1.54, 1.807) is 31.4 Å². The van der Waals surface area contributed by atoms with E-state index in [2.05, 4.69) is 5.32 Å². The summed E-state index contributed by atoms with van der Waals surface area (Å²) in [6.07, 6.45) is 0.839. The van der Waals surface area contributed by atoms with Gasteiger partial charge in [0.2, 0.25) is 5.91 Å². The zero-order valence-corrected chi connectivity index (χ0v) is 11.7. The molecular formula is C17H17NO3. The number of phenols is 1. The highest BCUT2D eigenvalue weighted by molar-refractivity contribution is 5.96. The lowest BCUT2D eigenvalue weighted by Gasteiger charge is -2.07. The number of rotatable bonds is 4. The first kappa shape index (κ1) is 13.5. The van der Waals surface area contributed by atoms with Crippen molar-refractivity contribution in [3.05, 3.63) is 54.1 Å². The summed E-state index contributed by atoms with van der Waals surface area (Å²) in [5.74, 6) is 1.08. The van der Waals surface area contributed by atoms with Crippen molar-refractivity contribution >= 4 is 11.6 Å². The molecule has 0 heterocycles. The summed E-state index contributed by atoms with van der Waals surface area (Å²) in [5.41, 5.74) is 1.61. The lowest BCUT2D eigenvalue weighted by atomic mass is 10.1. The topological polar surface area (TPSA) is 58.6 Å². The standard InChI is InChI=1S/C17H17NO3/c1-21-12-8-6-11(7-9-12)13-10-14(13)17(20)18-15-4-2-3-5-16(15)19/h2-9,13-14,19H,10H2,1H3,(H,18,20). The van der Waals surface area contributed by atoms with Crippen LogP contribution in [-0.4, -0.2) is 18.1 Å². The lowest BCUT2D eigenvalue weighted by Crippen LogP contribution is -2.14. The first-order valence-electron chi connectivity index (χ1n) is 6.92. The Morgan fingerprint density at radius 3 is 2.57 bits per heavy atom. The van der Waals surface area contributed by atoms with Gasteiger partial charge in [-0.25, -0.2) is 0 Å². The van der Waals surface area contributed by atoms with Crippen LogP contribution in [0.3, 0.4) is 0 Å². The van der Waals surface area contributed by atoms with E-state index >= 15 is 0 Å². The van der Waals surface area contributed by atoms with Crippen molar-refractivity contribution in [2.75, 3.05) is 12.4 Å². The molecule has 21 heavy (non-hydrogen) atoms. The fourth-order valence-corrected chi connectivity index (χ4v) is 2.51. The number of para-hydroxylation sites is 2. The van der Waals surface area contributed by atoms with Gasteiger partial charge in [0.1, 0.15) is 11.5 Å². The summed E-state index contributed by atoms with van der Waals surface area (Å²) >= 11 is 0. The largest absolute Gasteiger partial charge is 0.506 e. The van der Waals surface area contributed by atoms with Crippen molar-refractivity contribution in [3.8, 4) is 11.5 Å². The Morgan fingerprint density at radius 2 is 1.90 bits per heavy atom. The van der Waals surface area contributed by atoms with Gasteiger partial charge >= 0.3 is 0 Å². The van der Waals surface area contributed by atoms with E-state index in [4.69, 9.17) is 4.74 Å².